The molecule has 2 atom stereocenters. The second-order valence-corrected chi connectivity index (χ2v) is 8.08. The van der Waals surface area contributed by atoms with Gasteiger partial charge in [0.1, 0.15) is 0 Å². The van der Waals surface area contributed by atoms with Gasteiger partial charge in [0.2, 0.25) is 5.91 Å². The molecule has 1 fully saturated rings. The quantitative estimate of drug-likeness (QED) is 0.684. The lowest BCUT2D eigenvalue weighted by Crippen LogP contribution is -2.42. The van der Waals surface area contributed by atoms with Crippen molar-refractivity contribution in [2.24, 2.45) is 0 Å². The van der Waals surface area contributed by atoms with Gasteiger partial charge in [-0.25, -0.2) is 0 Å². The molecule has 1 heterocycles. The maximum atomic E-state index is 12.9. The Bertz CT molecular complexity index is 912. The number of carbonyl (C=O) groups is 2. The van der Waals surface area contributed by atoms with Gasteiger partial charge < -0.3 is 20.6 Å². The Morgan fingerprint density at radius 1 is 1.17 bits per heavy atom. The van der Waals surface area contributed by atoms with Gasteiger partial charge in [0.05, 0.1) is 24.3 Å². The summed E-state index contributed by atoms with van der Waals surface area (Å²) in [6.07, 6.45) is 1.05. The first-order valence-corrected chi connectivity index (χ1v) is 10.5. The first kappa shape index (κ1) is 21.8. The number of hydrogen-bond donors (Lipinski definition) is 3. The monoisotopic (exact) mass is 409 g/mol. The topological polar surface area (TPSA) is 81.7 Å². The third kappa shape index (κ3) is 5.39. The molecule has 0 bridgehead atoms. The summed E-state index contributed by atoms with van der Waals surface area (Å²) in [6.45, 7) is 7.14. The Kier molecular flexibility index (Phi) is 7.11. The van der Waals surface area contributed by atoms with E-state index in [1.165, 1.54) is 11.1 Å². The molecule has 2 amide bonds. The molecule has 6 heteroatoms. The summed E-state index contributed by atoms with van der Waals surface area (Å²) in [5.41, 5.74) is 4.62. The van der Waals surface area contributed by atoms with Crippen LogP contribution in [0.25, 0.3) is 0 Å². The Morgan fingerprint density at radius 2 is 1.93 bits per heavy atom. The van der Waals surface area contributed by atoms with Gasteiger partial charge >= 0.3 is 0 Å². The second-order valence-electron chi connectivity index (χ2n) is 8.08. The molecule has 1 saturated heterocycles. The molecule has 0 aromatic heterocycles. The van der Waals surface area contributed by atoms with Gasteiger partial charge in [-0.15, -0.1) is 0 Å². The number of benzene rings is 2. The number of nitrogens with zero attached hydrogens (tertiary/aromatic N) is 1. The van der Waals surface area contributed by atoms with E-state index in [0.29, 0.717) is 24.3 Å². The van der Waals surface area contributed by atoms with Crippen LogP contribution in [0.2, 0.25) is 0 Å². The minimum Gasteiger partial charge on any atom is -0.391 e. The summed E-state index contributed by atoms with van der Waals surface area (Å²) in [4.78, 5) is 27.1. The van der Waals surface area contributed by atoms with Crippen LogP contribution in [0.4, 0.5) is 5.69 Å². The van der Waals surface area contributed by atoms with Crippen molar-refractivity contribution in [1.29, 1.82) is 0 Å². The van der Waals surface area contributed by atoms with Crippen molar-refractivity contribution in [2.45, 2.75) is 45.8 Å². The third-order valence-corrected chi connectivity index (χ3v) is 5.69. The normalized spacial score (nSPS) is 17.3. The summed E-state index contributed by atoms with van der Waals surface area (Å²) in [6, 6.07) is 13.3. The van der Waals surface area contributed by atoms with Crippen molar-refractivity contribution in [3.8, 4) is 0 Å². The SMILES string of the molecule is Cc1ccc(C(C)NC(=O)CNc2ccccc2C(=O)N2CCCC(O)C2)cc1C. The minimum atomic E-state index is -0.472. The smallest absolute Gasteiger partial charge is 0.256 e. The van der Waals surface area contributed by atoms with Gasteiger partial charge in [-0.1, -0.05) is 30.3 Å². The lowest BCUT2D eigenvalue weighted by Gasteiger charge is -2.30. The van der Waals surface area contributed by atoms with Crippen LogP contribution in [0.5, 0.6) is 0 Å². The molecule has 1 aliphatic heterocycles. The number of nitrogens with one attached hydrogen (secondary N) is 2. The first-order chi connectivity index (χ1) is 14.3. The van der Waals surface area contributed by atoms with Gasteiger partial charge in [0.15, 0.2) is 0 Å². The van der Waals surface area contributed by atoms with E-state index >= 15 is 0 Å². The fourth-order valence-electron chi connectivity index (χ4n) is 3.72. The summed E-state index contributed by atoms with van der Waals surface area (Å²) in [7, 11) is 0. The summed E-state index contributed by atoms with van der Waals surface area (Å²) < 4.78 is 0. The molecule has 3 rings (SSSR count). The van der Waals surface area contributed by atoms with Crippen LogP contribution in [0.15, 0.2) is 42.5 Å². The highest BCUT2D eigenvalue weighted by molar-refractivity contribution is 6.00. The Balaban J connectivity index is 1.61. The molecular weight excluding hydrogens is 378 g/mol. The molecule has 2 aromatic carbocycles. The lowest BCUT2D eigenvalue weighted by atomic mass is 10.0. The highest BCUT2D eigenvalue weighted by Gasteiger charge is 2.24. The molecule has 1 aliphatic rings. The van der Waals surface area contributed by atoms with Crippen molar-refractivity contribution in [1.82, 2.24) is 10.2 Å². The van der Waals surface area contributed by atoms with E-state index in [1.54, 1.807) is 23.1 Å². The van der Waals surface area contributed by atoms with E-state index < -0.39 is 6.10 Å². The fourth-order valence-corrected chi connectivity index (χ4v) is 3.72. The maximum absolute atomic E-state index is 12.9. The number of hydrogen-bond acceptors (Lipinski definition) is 4. The van der Waals surface area contributed by atoms with Crippen LogP contribution in [-0.4, -0.2) is 47.6 Å². The highest BCUT2D eigenvalue weighted by atomic mass is 16.3. The van der Waals surface area contributed by atoms with E-state index in [1.807, 2.05) is 19.1 Å². The summed E-state index contributed by atoms with van der Waals surface area (Å²) in [5, 5.41) is 16.0. The number of anilines is 1. The number of aliphatic hydroxyl groups is 1. The van der Waals surface area contributed by atoms with Crippen molar-refractivity contribution in [3.63, 3.8) is 0 Å². The standard InChI is InChI=1S/C24H31N3O3/c1-16-10-11-19(13-17(16)2)18(3)26-23(29)14-25-22-9-5-4-8-21(22)24(30)27-12-6-7-20(28)15-27/h4-5,8-11,13,18,20,25,28H,6-7,12,14-15H2,1-3H3,(H,26,29). The number of β-amino-alcohol motifs (C(OH)–C–C–N with tert-alkyl or cyclic N) is 1. The first-order valence-electron chi connectivity index (χ1n) is 10.5. The molecule has 30 heavy (non-hydrogen) atoms. The Labute approximate surface area is 178 Å². The van der Waals surface area contributed by atoms with E-state index in [-0.39, 0.29) is 24.4 Å². The van der Waals surface area contributed by atoms with Crippen molar-refractivity contribution < 1.29 is 14.7 Å². The van der Waals surface area contributed by atoms with E-state index in [2.05, 4.69) is 36.6 Å². The number of piperidine rings is 1. The number of aryl methyl sites for hydroxylation is 2. The molecule has 2 aromatic rings. The number of likely N-dealkylation sites (tertiary alicyclic amines) is 1. The van der Waals surface area contributed by atoms with Crippen LogP contribution in [-0.2, 0) is 4.79 Å². The average molecular weight is 410 g/mol. The largest absolute Gasteiger partial charge is 0.391 e. The molecule has 160 valence electrons. The zero-order valence-corrected chi connectivity index (χ0v) is 17.9. The summed E-state index contributed by atoms with van der Waals surface area (Å²) in [5.74, 6) is -0.267. The number of rotatable bonds is 6. The van der Waals surface area contributed by atoms with Crippen LogP contribution >= 0.6 is 0 Å². The number of carbonyl (C=O) groups excluding carboxylic acids is 2. The van der Waals surface area contributed by atoms with Gasteiger partial charge in [-0.3, -0.25) is 9.59 Å². The number of amides is 2. The van der Waals surface area contributed by atoms with Gasteiger partial charge in [0, 0.05) is 18.8 Å². The molecule has 0 spiro atoms. The third-order valence-electron chi connectivity index (χ3n) is 5.69. The Hall–Kier alpha value is -2.86. The zero-order valence-electron chi connectivity index (χ0n) is 17.9. The van der Waals surface area contributed by atoms with Crippen molar-refractivity contribution >= 4 is 17.5 Å². The number of para-hydroxylation sites is 1. The van der Waals surface area contributed by atoms with Gasteiger partial charge in [-0.2, -0.15) is 0 Å². The zero-order chi connectivity index (χ0) is 21.7. The van der Waals surface area contributed by atoms with Gasteiger partial charge in [-0.05, 0) is 62.4 Å². The predicted molar refractivity (Wildman–Crippen MR) is 119 cm³/mol. The molecule has 0 saturated carbocycles. The van der Waals surface area contributed by atoms with E-state index in [9.17, 15) is 14.7 Å². The van der Waals surface area contributed by atoms with E-state index in [4.69, 9.17) is 0 Å². The average Bonchev–Trinajstić information content (AvgIpc) is 2.74. The highest BCUT2D eigenvalue weighted by Crippen LogP contribution is 2.20. The molecule has 0 radical (unpaired) electrons. The number of aliphatic hydroxyl groups excluding tert-OH is 1. The molecule has 2 unspecified atom stereocenters. The van der Waals surface area contributed by atoms with Crippen LogP contribution in [0.3, 0.4) is 0 Å². The van der Waals surface area contributed by atoms with Crippen molar-refractivity contribution in [2.75, 3.05) is 25.0 Å². The van der Waals surface area contributed by atoms with Crippen LogP contribution in [0, 0.1) is 13.8 Å². The maximum Gasteiger partial charge on any atom is 0.256 e. The van der Waals surface area contributed by atoms with Gasteiger partial charge in [0.25, 0.3) is 5.91 Å². The lowest BCUT2D eigenvalue weighted by molar-refractivity contribution is -0.120. The van der Waals surface area contributed by atoms with Crippen LogP contribution in [0.1, 0.15) is 52.9 Å². The molecule has 0 aliphatic carbocycles. The van der Waals surface area contributed by atoms with Crippen LogP contribution < -0.4 is 10.6 Å². The van der Waals surface area contributed by atoms with E-state index in [0.717, 1.165) is 18.4 Å². The second kappa shape index (κ2) is 9.76. The predicted octanol–water partition coefficient (Wildman–Crippen LogP) is 3.19. The van der Waals surface area contributed by atoms with Crippen molar-refractivity contribution in [3.05, 3.63) is 64.7 Å². The minimum absolute atomic E-state index is 0.0715. The molecule has 3 N–H and O–H groups in total. The fraction of sp³-hybridized carbons (Fsp3) is 0.417. The Morgan fingerprint density at radius 3 is 2.67 bits per heavy atom. The summed E-state index contributed by atoms with van der Waals surface area (Å²) >= 11 is 0. The molecule has 6 nitrogen and oxygen atoms in total. The molecular formula is C24H31N3O3.